The summed E-state index contributed by atoms with van der Waals surface area (Å²) in [6, 6.07) is 13.5. The van der Waals surface area contributed by atoms with Gasteiger partial charge in [0.2, 0.25) is 0 Å². The Bertz CT molecular complexity index is 830. The third-order valence-electron chi connectivity index (χ3n) is 5.48. The lowest BCUT2D eigenvalue weighted by molar-refractivity contribution is -0.156. The summed E-state index contributed by atoms with van der Waals surface area (Å²) < 4.78 is 11.9. The second kappa shape index (κ2) is 8.22. The van der Waals surface area contributed by atoms with Crippen LogP contribution in [0.2, 0.25) is 10.0 Å². The smallest absolute Gasteiger partial charge is 0.316 e. The van der Waals surface area contributed by atoms with Crippen LogP contribution in [0.25, 0.3) is 0 Å². The molecule has 0 unspecified atom stereocenters. The van der Waals surface area contributed by atoms with Crippen molar-refractivity contribution in [3.8, 4) is 0 Å². The Labute approximate surface area is 169 Å². The number of rotatable bonds is 4. The predicted octanol–water partition coefficient (Wildman–Crippen LogP) is 5.88. The van der Waals surface area contributed by atoms with Gasteiger partial charge in [-0.25, -0.2) is 0 Å². The Morgan fingerprint density at radius 3 is 2.70 bits per heavy atom. The zero-order chi connectivity index (χ0) is 18.8. The fourth-order valence-corrected chi connectivity index (χ4v) is 4.40. The van der Waals surface area contributed by atoms with Crippen molar-refractivity contribution in [3.05, 3.63) is 69.2 Å². The molecule has 5 heteroatoms. The van der Waals surface area contributed by atoms with Crippen LogP contribution in [0.5, 0.6) is 0 Å². The molecule has 1 fully saturated rings. The lowest BCUT2D eigenvalue weighted by Gasteiger charge is -2.30. The van der Waals surface area contributed by atoms with E-state index >= 15 is 0 Å². The van der Waals surface area contributed by atoms with Gasteiger partial charge in [-0.1, -0.05) is 53.5 Å². The van der Waals surface area contributed by atoms with Crippen LogP contribution < -0.4 is 0 Å². The fraction of sp³-hybridized carbons (Fsp3) is 0.409. The number of ether oxygens (including phenoxy) is 2. The molecular weight excluding hydrogens is 383 g/mol. The van der Waals surface area contributed by atoms with Crippen molar-refractivity contribution in [1.29, 1.82) is 0 Å². The van der Waals surface area contributed by atoms with Crippen molar-refractivity contribution in [3.63, 3.8) is 0 Å². The number of carbonyl (C=O) groups is 1. The summed E-state index contributed by atoms with van der Waals surface area (Å²) in [6.07, 6.45) is 4.28. The van der Waals surface area contributed by atoms with Gasteiger partial charge in [0.05, 0.1) is 16.1 Å². The van der Waals surface area contributed by atoms with Gasteiger partial charge in [-0.3, -0.25) is 4.79 Å². The van der Waals surface area contributed by atoms with Crippen molar-refractivity contribution in [2.45, 2.75) is 50.2 Å². The van der Waals surface area contributed by atoms with Crippen LogP contribution in [0.3, 0.4) is 0 Å². The standard InChI is InChI=1S/C22H22Cl2O3/c23-17-10-8-15(13-18(17)24)21(20-7-3-4-12-26-20)22(25)27-19-11-9-14-5-1-2-6-16(14)19/h1-2,5-6,8,10,13,19-21H,3-4,7,9,11-12H2/t19-,20+,21-/m0/s1. The zero-order valence-corrected chi connectivity index (χ0v) is 16.5. The minimum absolute atomic E-state index is 0.192. The molecule has 2 aromatic rings. The molecule has 4 rings (SSSR count). The average molecular weight is 405 g/mol. The Hall–Kier alpha value is -1.55. The summed E-state index contributed by atoms with van der Waals surface area (Å²) in [5.41, 5.74) is 3.17. The number of hydrogen-bond donors (Lipinski definition) is 0. The zero-order valence-electron chi connectivity index (χ0n) is 15.0. The normalized spacial score (nSPS) is 22.9. The number of benzene rings is 2. The van der Waals surface area contributed by atoms with Gasteiger partial charge < -0.3 is 9.47 Å². The number of carbonyl (C=O) groups excluding carboxylic acids is 1. The summed E-state index contributed by atoms with van der Waals surface area (Å²) in [6.45, 7) is 0.669. The molecule has 2 aliphatic rings. The SMILES string of the molecule is O=C(O[C@H]1CCc2ccccc21)[C@@H](c1ccc(Cl)c(Cl)c1)[C@H]1CCCCO1. The Morgan fingerprint density at radius 2 is 1.93 bits per heavy atom. The number of fused-ring (bicyclic) bond motifs is 1. The van der Waals surface area contributed by atoms with E-state index < -0.39 is 5.92 Å². The lowest BCUT2D eigenvalue weighted by atomic mass is 9.89. The Morgan fingerprint density at radius 1 is 1.07 bits per heavy atom. The number of halogens is 2. The Balaban J connectivity index is 1.60. The van der Waals surface area contributed by atoms with E-state index in [4.69, 9.17) is 32.7 Å². The van der Waals surface area contributed by atoms with Gasteiger partial charge >= 0.3 is 5.97 Å². The molecule has 1 aliphatic heterocycles. The van der Waals surface area contributed by atoms with Gasteiger partial charge in [0.25, 0.3) is 0 Å². The van der Waals surface area contributed by atoms with Crippen LogP contribution in [0.15, 0.2) is 42.5 Å². The summed E-state index contributed by atoms with van der Waals surface area (Å²) in [5, 5.41) is 0.913. The van der Waals surface area contributed by atoms with Gasteiger partial charge in [0, 0.05) is 6.61 Å². The lowest BCUT2D eigenvalue weighted by Crippen LogP contribution is -2.33. The largest absolute Gasteiger partial charge is 0.457 e. The molecule has 3 nitrogen and oxygen atoms in total. The predicted molar refractivity (Wildman–Crippen MR) is 106 cm³/mol. The highest BCUT2D eigenvalue weighted by Gasteiger charge is 2.36. The maximum absolute atomic E-state index is 13.2. The van der Waals surface area contributed by atoms with E-state index in [-0.39, 0.29) is 18.2 Å². The second-order valence-electron chi connectivity index (χ2n) is 7.22. The number of esters is 1. The van der Waals surface area contributed by atoms with Crippen LogP contribution in [0.4, 0.5) is 0 Å². The first-order valence-electron chi connectivity index (χ1n) is 9.48. The summed E-state index contributed by atoms with van der Waals surface area (Å²) in [4.78, 5) is 13.2. The van der Waals surface area contributed by atoms with Crippen molar-refractivity contribution in [2.24, 2.45) is 0 Å². The molecule has 0 aromatic heterocycles. The molecule has 0 radical (unpaired) electrons. The highest BCUT2D eigenvalue weighted by Crippen LogP contribution is 2.38. The monoisotopic (exact) mass is 404 g/mol. The van der Waals surface area contributed by atoms with E-state index in [1.807, 2.05) is 24.3 Å². The van der Waals surface area contributed by atoms with Crippen molar-refractivity contribution in [1.82, 2.24) is 0 Å². The molecular formula is C22H22Cl2O3. The fourth-order valence-electron chi connectivity index (χ4n) is 4.09. The van der Waals surface area contributed by atoms with Gasteiger partial charge in [0.15, 0.2) is 0 Å². The third-order valence-corrected chi connectivity index (χ3v) is 6.22. The summed E-state index contributed by atoms with van der Waals surface area (Å²) in [7, 11) is 0. The van der Waals surface area contributed by atoms with Crippen LogP contribution in [-0.2, 0) is 20.7 Å². The molecule has 2 aromatic carbocycles. The van der Waals surface area contributed by atoms with Crippen LogP contribution in [0, 0.1) is 0 Å². The summed E-state index contributed by atoms with van der Waals surface area (Å²) in [5.74, 6) is -0.741. The first-order chi connectivity index (χ1) is 13.1. The molecule has 27 heavy (non-hydrogen) atoms. The number of hydrogen-bond acceptors (Lipinski definition) is 3. The van der Waals surface area contributed by atoms with E-state index in [1.54, 1.807) is 12.1 Å². The number of aryl methyl sites for hydroxylation is 1. The van der Waals surface area contributed by atoms with Crippen LogP contribution >= 0.6 is 23.2 Å². The second-order valence-corrected chi connectivity index (χ2v) is 8.03. The third kappa shape index (κ3) is 4.01. The van der Waals surface area contributed by atoms with Gasteiger partial charge in [-0.2, -0.15) is 0 Å². The van der Waals surface area contributed by atoms with E-state index in [0.29, 0.717) is 16.7 Å². The molecule has 3 atom stereocenters. The van der Waals surface area contributed by atoms with Gasteiger partial charge in [0.1, 0.15) is 12.0 Å². The van der Waals surface area contributed by atoms with Crippen molar-refractivity contribution < 1.29 is 14.3 Å². The molecule has 0 bridgehead atoms. The first kappa shape index (κ1) is 18.8. The van der Waals surface area contributed by atoms with E-state index in [9.17, 15) is 4.79 Å². The average Bonchev–Trinajstić information content (AvgIpc) is 3.09. The minimum Gasteiger partial charge on any atom is -0.457 e. The molecule has 0 N–H and O–H groups in total. The highest BCUT2D eigenvalue weighted by molar-refractivity contribution is 6.42. The topological polar surface area (TPSA) is 35.5 Å². The highest BCUT2D eigenvalue weighted by atomic mass is 35.5. The van der Waals surface area contributed by atoms with Crippen molar-refractivity contribution in [2.75, 3.05) is 6.61 Å². The van der Waals surface area contributed by atoms with Gasteiger partial charge in [-0.15, -0.1) is 0 Å². The minimum atomic E-state index is -0.493. The molecule has 142 valence electrons. The van der Waals surface area contributed by atoms with E-state index in [2.05, 4.69) is 6.07 Å². The first-order valence-corrected chi connectivity index (χ1v) is 10.2. The summed E-state index contributed by atoms with van der Waals surface area (Å²) >= 11 is 12.3. The molecule has 0 saturated carbocycles. The molecule has 0 spiro atoms. The molecule has 1 heterocycles. The molecule has 0 amide bonds. The van der Waals surface area contributed by atoms with E-state index in [1.165, 1.54) is 5.56 Å². The maximum atomic E-state index is 13.2. The molecule has 1 saturated heterocycles. The van der Waals surface area contributed by atoms with Gasteiger partial charge in [-0.05, 0) is 60.9 Å². The van der Waals surface area contributed by atoms with E-state index in [0.717, 1.165) is 43.2 Å². The maximum Gasteiger partial charge on any atom is 0.316 e. The van der Waals surface area contributed by atoms with Crippen molar-refractivity contribution >= 4 is 29.2 Å². The quantitative estimate of drug-likeness (QED) is 0.597. The Kier molecular flexibility index (Phi) is 5.72. The van der Waals surface area contributed by atoms with Crippen LogP contribution in [0.1, 0.15) is 54.4 Å². The molecule has 1 aliphatic carbocycles. The van der Waals surface area contributed by atoms with Crippen LogP contribution in [-0.4, -0.2) is 18.7 Å².